The van der Waals surface area contributed by atoms with Crippen molar-refractivity contribution in [1.29, 1.82) is 0 Å². The van der Waals surface area contributed by atoms with Gasteiger partial charge in [-0.15, -0.1) is 0 Å². The van der Waals surface area contributed by atoms with Crippen molar-refractivity contribution in [3.8, 4) is 0 Å². The van der Waals surface area contributed by atoms with Crippen LogP contribution in [-0.4, -0.2) is 110 Å². The van der Waals surface area contributed by atoms with Gasteiger partial charge in [0.25, 0.3) is 0 Å². The highest BCUT2D eigenvalue weighted by atomic mass is 16.7. The van der Waals surface area contributed by atoms with Crippen LogP contribution < -0.4 is 5.32 Å². The Morgan fingerprint density at radius 2 is 1.48 bits per heavy atom. The molecule has 8 N–H and O–H groups in total. The summed E-state index contributed by atoms with van der Waals surface area (Å²) in [5.41, 5.74) is 2.74. The average molecular weight is 445 g/mol. The molecule has 10 unspecified atom stereocenters. The molecular weight excluding hydrogens is 414 g/mol. The van der Waals surface area contributed by atoms with Gasteiger partial charge in [-0.05, 0) is 37.1 Å². The van der Waals surface area contributed by atoms with Gasteiger partial charge in [0, 0.05) is 5.69 Å². The van der Waals surface area contributed by atoms with Crippen molar-refractivity contribution >= 4 is 5.69 Å². The summed E-state index contributed by atoms with van der Waals surface area (Å²) in [4.78, 5) is 0. The highest BCUT2D eigenvalue weighted by Gasteiger charge is 2.50. The molecule has 0 radical (unpaired) electrons. The number of rotatable bonds is 6. The molecule has 176 valence electrons. The monoisotopic (exact) mass is 445 g/mol. The first-order chi connectivity index (χ1) is 14.7. The van der Waals surface area contributed by atoms with Crippen LogP contribution in [-0.2, 0) is 14.2 Å². The van der Waals surface area contributed by atoms with Crippen LogP contribution in [0.2, 0.25) is 0 Å². The minimum Gasteiger partial charge on any atom is -0.394 e. The number of ether oxygens (including phenoxy) is 3. The Labute approximate surface area is 179 Å². The maximum Gasteiger partial charge on any atom is 0.187 e. The predicted molar refractivity (Wildman–Crippen MR) is 106 cm³/mol. The van der Waals surface area contributed by atoms with Crippen LogP contribution in [0.3, 0.4) is 0 Å². The van der Waals surface area contributed by atoms with E-state index in [1.165, 1.54) is 0 Å². The molecule has 11 heteroatoms. The van der Waals surface area contributed by atoms with Crippen LogP contribution in [0.1, 0.15) is 11.1 Å². The largest absolute Gasteiger partial charge is 0.394 e. The van der Waals surface area contributed by atoms with Gasteiger partial charge in [0.1, 0.15) is 48.8 Å². The Kier molecular flexibility index (Phi) is 7.86. The number of benzene rings is 1. The summed E-state index contributed by atoms with van der Waals surface area (Å²) < 4.78 is 16.5. The zero-order valence-electron chi connectivity index (χ0n) is 17.3. The molecule has 11 nitrogen and oxygen atoms in total. The van der Waals surface area contributed by atoms with Crippen molar-refractivity contribution in [2.75, 3.05) is 18.5 Å². The number of aliphatic hydroxyl groups is 7. The first kappa shape index (κ1) is 24.3. The molecule has 2 heterocycles. The zero-order chi connectivity index (χ0) is 22.9. The Morgan fingerprint density at radius 1 is 0.806 bits per heavy atom. The van der Waals surface area contributed by atoms with Gasteiger partial charge < -0.3 is 55.3 Å². The lowest BCUT2D eigenvalue weighted by molar-refractivity contribution is -0.340. The number of hydrogen-bond donors (Lipinski definition) is 8. The maximum absolute atomic E-state index is 10.6. The molecular formula is C20H31NO10. The van der Waals surface area contributed by atoms with Crippen molar-refractivity contribution in [1.82, 2.24) is 0 Å². The minimum absolute atomic E-state index is 0.586. The van der Waals surface area contributed by atoms with Gasteiger partial charge in [-0.25, -0.2) is 0 Å². The number of hydrogen-bond acceptors (Lipinski definition) is 11. The molecule has 0 aliphatic carbocycles. The normalized spacial score (nSPS) is 41.2. The topological polar surface area (TPSA) is 181 Å². The van der Waals surface area contributed by atoms with Crippen LogP contribution in [0.15, 0.2) is 18.2 Å². The quantitative estimate of drug-likeness (QED) is 0.229. The van der Waals surface area contributed by atoms with E-state index in [0.29, 0.717) is 5.69 Å². The predicted octanol–water partition coefficient (Wildman–Crippen LogP) is -2.66. The fourth-order valence-electron chi connectivity index (χ4n) is 3.70. The Hall–Kier alpha value is -1.38. The van der Waals surface area contributed by atoms with E-state index < -0.39 is 74.6 Å². The number of anilines is 1. The third-order valence-electron chi connectivity index (χ3n) is 5.82. The Bertz CT molecular complexity index is 732. The van der Waals surface area contributed by atoms with E-state index in [9.17, 15) is 35.7 Å². The van der Waals surface area contributed by atoms with E-state index in [2.05, 4.69) is 5.32 Å². The van der Waals surface area contributed by atoms with E-state index in [1.54, 1.807) is 6.07 Å². The highest BCUT2D eigenvalue weighted by Crippen LogP contribution is 2.30. The summed E-state index contributed by atoms with van der Waals surface area (Å²) in [6.45, 7) is 2.64. The SMILES string of the molecule is Cc1ccc(NC2OC(CO)C(OC3OC(CO)C(O)C(O)C3O)C(O)C2O)cc1C. The van der Waals surface area contributed by atoms with Crippen LogP contribution in [0.4, 0.5) is 5.69 Å². The average Bonchev–Trinajstić information content (AvgIpc) is 2.75. The minimum atomic E-state index is -1.70. The fraction of sp³-hybridized carbons (Fsp3) is 0.700. The number of nitrogens with one attached hydrogen (secondary N) is 1. The third kappa shape index (κ3) is 5.01. The second-order valence-corrected chi connectivity index (χ2v) is 8.00. The summed E-state index contributed by atoms with van der Waals surface area (Å²) >= 11 is 0. The summed E-state index contributed by atoms with van der Waals surface area (Å²) in [7, 11) is 0. The van der Waals surface area contributed by atoms with E-state index in [4.69, 9.17) is 14.2 Å². The van der Waals surface area contributed by atoms with Crippen LogP contribution in [0, 0.1) is 13.8 Å². The van der Waals surface area contributed by atoms with Crippen LogP contribution in [0.25, 0.3) is 0 Å². The number of aryl methyl sites for hydroxylation is 2. The smallest absolute Gasteiger partial charge is 0.187 e. The van der Waals surface area contributed by atoms with E-state index in [0.717, 1.165) is 11.1 Å². The second-order valence-electron chi connectivity index (χ2n) is 8.00. The zero-order valence-corrected chi connectivity index (χ0v) is 17.3. The van der Waals surface area contributed by atoms with Crippen molar-refractivity contribution in [2.24, 2.45) is 0 Å². The summed E-state index contributed by atoms with van der Waals surface area (Å²) in [6, 6.07) is 5.52. The van der Waals surface area contributed by atoms with Gasteiger partial charge in [-0.1, -0.05) is 6.07 Å². The van der Waals surface area contributed by atoms with Gasteiger partial charge in [-0.2, -0.15) is 0 Å². The molecule has 31 heavy (non-hydrogen) atoms. The summed E-state index contributed by atoms with van der Waals surface area (Å²) in [6.07, 6.45) is -14.2. The summed E-state index contributed by atoms with van der Waals surface area (Å²) in [5.74, 6) is 0. The molecule has 2 saturated heterocycles. The van der Waals surface area contributed by atoms with Gasteiger partial charge in [0.05, 0.1) is 13.2 Å². The molecule has 1 aromatic carbocycles. The third-order valence-corrected chi connectivity index (χ3v) is 5.82. The van der Waals surface area contributed by atoms with Crippen molar-refractivity contribution in [2.45, 2.75) is 75.2 Å². The molecule has 1 aromatic rings. The molecule has 10 atom stereocenters. The standard InChI is InChI=1S/C20H31NO10/c1-8-3-4-10(5-9(8)2)21-19-16(27)15(26)18(12(7-23)29-19)31-20-17(28)14(25)13(24)11(6-22)30-20/h3-5,11-28H,6-7H2,1-2H3. The summed E-state index contributed by atoms with van der Waals surface area (Å²) in [5, 5.41) is 73.2. The first-order valence-electron chi connectivity index (χ1n) is 10.1. The van der Waals surface area contributed by atoms with Gasteiger partial charge >= 0.3 is 0 Å². The first-order valence-corrected chi connectivity index (χ1v) is 10.1. The lowest BCUT2D eigenvalue weighted by Gasteiger charge is -2.46. The maximum atomic E-state index is 10.6. The second kappa shape index (κ2) is 10.0. The molecule has 0 spiro atoms. The molecule has 0 saturated carbocycles. The van der Waals surface area contributed by atoms with E-state index in [-0.39, 0.29) is 0 Å². The van der Waals surface area contributed by atoms with E-state index >= 15 is 0 Å². The van der Waals surface area contributed by atoms with Crippen LogP contribution in [0.5, 0.6) is 0 Å². The molecule has 2 aliphatic rings. The van der Waals surface area contributed by atoms with Crippen molar-refractivity contribution in [3.05, 3.63) is 29.3 Å². The van der Waals surface area contributed by atoms with Crippen molar-refractivity contribution in [3.63, 3.8) is 0 Å². The fourth-order valence-corrected chi connectivity index (χ4v) is 3.70. The lowest BCUT2D eigenvalue weighted by Crippen LogP contribution is -2.65. The highest BCUT2D eigenvalue weighted by molar-refractivity contribution is 5.48. The van der Waals surface area contributed by atoms with E-state index in [1.807, 2.05) is 26.0 Å². The Morgan fingerprint density at radius 3 is 2.10 bits per heavy atom. The molecule has 2 fully saturated rings. The van der Waals surface area contributed by atoms with Gasteiger partial charge in [0.2, 0.25) is 0 Å². The molecule has 0 aromatic heterocycles. The van der Waals surface area contributed by atoms with Gasteiger partial charge in [0.15, 0.2) is 12.5 Å². The molecule has 2 aliphatic heterocycles. The Balaban J connectivity index is 1.72. The molecule has 3 rings (SSSR count). The number of aliphatic hydroxyl groups excluding tert-OH is 7. The van der Waals surface area contributed by atoms with Crippen LogP contribution >= 0.6 is 0 Å². The van der Waals surface area contributed by atoms with Crippen molar-refractivity contribution < 1.29 is 50.0 Å². The molecule has 0 bridgehead atoms. The molecule has 0 amide bonds. The lowest BCUT2D eigenvalue weighted by atomic mass is 9.96. The van der Waals surface area contributed by atoms with Gasteiger partial charge in [-0.3, -0.25) is 0 Å².